The maximum Gasteiger partial charge on any atom is 0.270 e. The Labute approximate surface area is 196 Å². The molecule has 8 heteroatoms. The number of rotatable bonds is 5. The van der Waals surface area contributed by atoms with Crippen LogP contribution in [0.1, 0.15) is 10.5 Å². The summed E-state index contributed by atoms with van der Waals surface area (Å²) in [5.41, 5.74) is 4.15. The lowest BCUT2D eigenvalue weighted by Crippen LogP contribution is -2.48. The number of halogens is 1. The molecule has 4 aromatic rings. The number of methoxy groups -OCH3 is 1. The molecule has 7 nitrogen and oxygen atoms in total. The van der Waals surface area contributed by atoms with E-state index in [1.807, 2.05) is 59.5 Å². The van der Waals surface area contributed by atoms with Gasteiger partial charge in [-0.05, 0) is 48.0 Å². The van der Waals surface area contributed by atoms with Gasteiger partial charge in [0.05, 0.1) is 13.3 Å². The second-order valence-corrected chi connectivity index (χ2v) is 8.29. The van der Waals surface area contributed by atoms with E-state index >= 15 is 0 Å². The Bertz CT molecular complexity index is 1260. The molecule has 5 rings (SSSR count). The average molecular weight is 463 g/mol. The van der Waals surface area contributed by atoms with Crippen molar-refractivity contribution in [2.24, 2.45) is 0 Å². The van der Waals surface area contributed by atoms with Crippen LogP contribution in [0.15, 0.2) is 71.5 Å². The van der Waals surface area contributed by atoms with Crippen molar-refractivity contribution in [3.8, 4) is 28.2 Å². The molecule has 2 aromatic carbocycles. The molecule has 1 aliphatic heterocycles. The number of aromatic amines is 1. The van der Waals surface area contributed by atoms with Crippen molar-refractivity contribution >= 4 is 23.2 Å². The molecule has 168 valence electrons. The number of ether oxygens (including phenoxy) is 1. The number of hydrogen-bond donors (Lipinski definition) is 1. The first kappa shape index (κ1) is 21.2. The number of anilines is 1. The zero-order valence-electron chi connectivity index (χ0n) is 18.1. The Morgan fingerprint density at radius 1 is 1.06 bits per heavy atom. The Hall–Kier alpha value is -3.71. The van der Waals surface area contributed by atoms with Crippen LogP contribution in [0.4, 0.5) is 5.69 Å². The van der Waals surface area contributed by atoms with Gasteiger partial charge in [0.15, 0.2) is 5.76 Å². The van der Waals surface area contributed by atoms with Crippen LogP contribution in [-0.2, 0) is 0 Å². The van der Waals surface area contributed by atoms with E-state index < -0.39 is 0 Å². The summed E-state index contributed by atoms with van der Waals surface area (Å²) in [5, 5.41) is 4.59. The van der Waals surface area contributed by atoms with Gasteiger partial charge in [-0.2, -0.15) is 0 Å². The highest BCUT2D eigenvalue weighted by molar-refractivity contribution is 6.30. The molecule has 0 atom stereocenters. The van der Waals surface area contributed by atoms with Gasteiger partial charge in [0.25, 0.3) is 5.91 Å². The van der Waals surface area contributed by atoms with Crippen LogP contribution in [0.25, 0.3) is 22.5 Å². The van der Waals surface area contributed by atoms with Gasteiger partial charge < -0.3 is 24.0 Å². The van der Waals surface area contributed by atoms with Crippen LogP contribution in [0.5, 0.6) is 5.75 Å². The minimum atomic E-state index is -0.0283. The van der Waals surface area contributed by atoms with Gasteiger partial charge in [-0.15, -0.1) is 0 Å². The molecule has 0 spiro atoms. The number of hydrogen-bond acceptors (Lipinski definition) is 5. The molecule has 0 bridgehead atoms. The molecular weight excluding hydrogens is 440 g/mol. The van der Waals surface area contributed by atoms with E-state index in [1.54, 1.807) is 19.5 Å². The summed E-state index contributed by atoms with van der Waals surface area (Å²) < 4.78 is 10.7. The first-order chi connectivity index (χ1) is 16.1. The molecule has 1 fully saturated rings. The molecular formula is C25H23ClN4O3. The topological polar surface area (TPSA) is 74.6 Å². The number of carbonyl (C=O) groups is 1. The van der Waals surface area contributed by atoms with Gasteiger partial charge in [0.1, 0.15) is 11.4 Å². The fourth-order valence-corrected chi connectivity index (χ4v) is 4.28. The number of H-pyrrole nitrogens is 1. The second kappa shape index (κ2) is 9.03. The quantitative estimate of drug-likeness (QED) is 0.453. The predicted octanol–water partition coefficient (Wildman–Crippen LogP) is 4.96. The molecule has 2 aromatic heterocycles. The largest absolute Gasteiger partial charge is 0.497 e. The molecule has 0 saturated carbocycles. The first-order valence-electron chi connectivity index (χ1n) is 10.7. The van der Waals surface area contributed by atoms with Crippen molar-refractivity contribution in [2.75, 3.05) is 38.2 Å². The summed E-state index contributed by atoms with van der Waals surface area (Å²) in [4.78, 5) is 20.4. The molecule has 0 aliphatic carbocycles. The summed E-state index contributed by atoms with van der Waals surface area (Å²) in [5.74, 6) is 1.40. The van der Waals surface area contributed by atoms with Gasteiger partial charge in [-0.3, -0.25) is 4.79 Å². The van der Waals surface area contributed by atoms with Crippen LogP contribution >= 0.6 is 11.6 Å². The standard InChI is InChI=1S/C25H23ClN4O3/c1-32-21-7-5-20(6-8-21)29-9-11-30(12-10-29)25(31)23-14-18(15-27-23)24-22(16-28-33-24)17-3-2-4-19(26)13-17/h2-8,13-16,27H,9-12H2,1H3. The van der Waals surface area contributed by atoms with Gasteiger partial charge in [-0.25, -0.2) is 0 Å². The van der Waals surface area contributed by atoms with Gasteiger partial charge >= 0.3 is 0 Å². The van der Waals surface area contributed by atoms with Crippen molar-refractivity contribution in [2.45, 2.75) is 0 Å². The summed E-state index contributed by atoms with van der Waals surface area (Å²) in [7, 11) is 1.66. The molecule has 0 unspecified atom stereocenters. The number of benzene rings is 2. The zero-order valence-corrected chi connectivity index (χ0v) is 18.9. The number of amides is 1. The monoisotopic (exact) mass is 462 g/mol. The van der Waals surface area contributed by atoms with Crippen LogP contribution in [0, 0.1) is 0 Å². The maximum absolute atomic E-state index is 13.1. The average Bonchev–Trinajstić information content (AvgIpc) is 3.54. The highest BCUT2D eigenvalue weighted by Gasteiger charge is 2.24. The summed E-state index contributed by atoms with van der Waals surface area (Å²) in [6.45, 7) is 2.84. The van der Waals surface area contributed by atoms with E-state index in [2.05, 4.69) is 15.0 Å². The van der Waals surface area contributed by atoms with E-state index in [4.69, 9.17) is 20.9 Å². The molecule has 3 heterocycles. The Kier molecular flexibility index (Phi) is 5.79. The molecule has 1 saturated heterocycles. The minimum absolute atomic E-state index is 0.0283. The van der Waals surface area contributed by atoms with Gasteiger partial charge in [-0.1, -0.05) is 28.9 Å². The summed E-state index contributed by atoms with van der Waals surface area (Å²) >= 11 is 6.14. The Balaban J connectivity index is 1.27. The lowest BCUT2D eigenvalue weighted by Gasteiger charge is -2.36. The third kappa shape index (κ3) is 4.32. The minimum Gasteiger partial charge on any atom is -0.497 e. The summed E-state index contributed by atoms with van der Waals surface area (Å²) in [6, 6.07) is 17.3. The lowest BCUT2D eigenvalue weighted by atomic mass is 10.0. The number of carbonyl (C=O) groups excluding carboxylic acids is 1. The van der Waals surface area contributed by atoms with E-state index in [9.17, 15) is 4.79 Å². The highest BCUT2D eigenvalue weighted by Crippen LogP contribution is 2.33. The third-order valence-electron chi connectivity index (χ3n) is 5.89. The van der Waals surface area contributed by atoms with Gasteiger partial charge in [0, 0.05) is 54.2 Å². The van der Waals surface area contributed by atoms with Crippen molar-refractivity contribution in [3.63, 3.8) is 0 Å². The predicted molar refractivity (Wildman–Crippen MR) is 128 cm³/mol. The number of nitrogens with one attached hydrogen (secondary N) is 1. The first-order valence-corrected chi connectivity index (χ1v) is 11.1. The Morgan fingerprint density at radius 2 is 1.85 bits per heavy atom. The highest BCUT2D eigenvalue weighted by atomic mass is 35.5. The molecule has 1 N–H and O–H groups in total. The normalized spacial score (nSPS) is 13.9. The smallest absolute Gasteiger partial charge is 0.270 e. The molecule has 1 aliphatic rings. The fraction of sp³-hybridized carbons (Fsp3) is 0.200. The lowest BCUT2D eigenvalue weighted by molar-refractivity contribution is 0.0741. The van der Waals surface area contributed by atoms with Crippen LogP contribution in [0.3, 0.4) is 0 Å². The van der Waals surface area contributed by atoms with Crippen molar-refractivity contribution in [1.82, 2.24) is 15.0 Å². The van der Waals surface area contributed by atoms with Crippen molar-refractivity contribution in [1.29, 1.82) is 0 Å². The maximum atomic E-state index is 13.1. The number of nitrogens with zero attached hydrogens (tertiary/aromatic N) is 3. The molecule has 33 heavy (non-hydrogen) atoms. The van der Waals surface area contributed by atoms with Crippen LogP contribution in [-0.4, -0.2) is 54.2 Å². The van der Waals surface area contributed by atoms with Crippen LogP contribution < -0.4 is 9.64 Å². The second-order valence-electron chi connectivity index (χ2n) is 7.86. The number of piperazine rings is 1. The fourth-order valence-electron chi connectivity index (χ4n) is 4.09. The van der Waals surface area contributed by atoms with E-state index in [-0.39, 0.29) is 5.91 Å². The SMILES string of the molecule is COc1ccc(N2CCN(C(=O)c3cc(-c4oncc4-c4cccc(Cl)c4)c[nH]3)CC2)cc1. The van der Waals surface area contributed by atoms with Crippen molar-refractivity contribution < 1.29 is 14.1 Å². The summed E-state index contributed by atoms with van der Waals surface area (Å²) in [6.07, 6.45) is 3.43. The van der Waals surface area contributed by atoms with E-state index in [0.29, 0.717) is 29.6 Å². The van der Waals surface area contributed by atoms with E-state index in [1.165, 1.54) is 0 Å². The van der Waals surface area contributed by atoms with Gasteiger partial charge in [0.2, 0.25) is 0 Å². The molecule has 1 amide bonds. The zero-order chi connectivity index (χ0) is 22.8. The Morgan fingerprint density at radius 3 is 2.58 bits per heavy atom. The third-order valence-corrected chi connectivity index (χ3v) is 6.12. The van der Waals surface area contributed by atoms with Crippen LogP contribution in [0.2, 0.25) is 5.02 Å². The number of aromatic nitrogens is 2. The van der Waals surface area contributed by atoms with Crippen molar-refractivity contribution in [3.05, 3.63) is 77.7 Å². The van der Waals surface area contributed by atoms with E-state index in [0.717, 1.165) is 41.2 Å². The molecule has 0 radical (unpaired) electrons.